The number of aromatic nitrogens is 2. The van der Waals surface area contributed by atoms with Crippen LogP contribution in [0.1, 0.15) is 12.5 Å². The van der Waals surface area contributed by atoms with Crippen molar-refractivity contribution in [2.45, 2.75) is 17.6 Å². The van der Waals surface area contributed by atoms with E-state index in [1.807, 2.05) is 30.0 Å². The molecule has 1 fully saturated rings. The zero-order valence-corrected chi connectivity index (χ0v) is 13.0. The number of halogens is 1. The summed E-state index contributed by atoms with van der Waals surface area (Å²) < 4.78 is 2.16. The molecule has 20 heavy (non-hydrogen) atoms. The number of rotatable bonds is 4. The van der Waals surface area contributed by atoms with Crippen LogP contribution in [0.2, 0.25) is 5.02 Å². The Kier molecular flexibility index (Phi) is 4.14. The van der Waals surface area contributed by atoms with Gasteiger partial charge in [0.15, 0.2) is 5.16 Å². The summed E-state index contributed by atoms with van der Waals surface area (Å²) in [6.45, 7) is 0. The van der Waals surface area contributed by atoms with E-state index in [9.17, 15) is 4.79 Å². The van der Waals surface area contributed by atoms with Crippen LogP contribution in [-0.4, -0.2) is 37.9 Å². The summed E-state index contributed by atoms with van der Waals surface area (Å²) >= 11 is 9.39. The first-order valence-electron chi connectivity index (χ1n) is 6.25. The number of carboxylic acid groups (broad SMARTS) is 1. The van der Waals surface area contributed by atoms with Crippen molar-refractivity contribution in [3.63, 3.8) is 0 Å². The van der Waals surface area contributed by atoms with Gasteiger partial charge in [-0.15, -0.1) is 0 Å². The molecule has 1 saturated heterocycles. The summed E-state index contributed by atoms with van der Waals surface area (Å²) in [5.74, 6) is 1.35. The highest BCUT2D eigenvalue weighted by molar-refractivity contribution is 8.00. The topological polar surface area (TPSA) is 55.1 Å². The summed E-state index contributed by atoms with van der Waals surface area (Å²) in [7, 11) is 0. The average molecular weight is 329 g/mol. The number of hydrogen-bond acceptors (Lipinski definition) is 4. The van der Waals surface area contributed by atoms with Crippen molar-refractivity contribution in [3.8, 4) is 0 Å². The number of carbonyl (C=O) groups is 1. The molecule has 0 amide bonds. The largest absolute Gasteiger partial charge is 0.481 e. The van der Waals surface area contributed by atoms with Gasteiger partial charge in [0.05, 0.1) is 16.3 Å². The Hall–Kier alpha value is -0.850. The van der Waals surface area contributed by atoms with Crippen molar-refractivity contribution in [2.24, 2.45) is 0 Å². The molecular weight excluding hydrogens is 316 g/mol. The fraction of sp³-hybridized carbons (Fsp3) is 0.385. The molecule has 0 radical (unpaired) electrons. The Bertz CT molecular complexity index is 653. The number of para-hydroxylation sites is 1. The maximum Gasteiger partial charge on any atom is 0.313 e. The first-order valence-corrected chi connectivity index (χ1v) is 8.77. The number of imidazole rings is 1. The predicted octanol–water partition coefficient (Wildman–Crippen LogP) is 3.54. The van der Waals surface area contributed by atoms with Crippen LogP contribution in [-0.2, 0) is 4.79 Å². The SMILES string of the molecule is O=C(O)CSc1nc2c(Cl)cccc2n1C1CCSC1. The van der Waals surface area contributed by atoms with Gasteiger partial charge in [0.2, 0.25) is 0 Å². The van der Waals surface area contributed by atoms with Gasteiger partial charge < -0.3 is 9.67 Å². The molecule has 0 saturated carbocycles. The van der Waals surface area contributed by atoms with E-state index in [0.717, 1.165) is 34.1 Å². The van der Waals surface area contributed by atoms with Gasteiger partial charge >= 0.3 is 5.97 Å². The van der Waals surface area contributed by atoms with Crippen molar-refractivity contribution in [1.29, 1.82) is 0 Å². The highest BCUT2D eigenvalue weighted by Gasteiger charge is 2.24. The van der Waals surface area contributed by atoms with E-state index in [2.05, 4.69) is 9.55 Å². The molecule has 106 valence electrons. The third-order valence-electron chi connectivity index (χ3n) is 3.23. The molecule has 1 aromatic heterocycles. The van der Waals surface area contributed by atoms with Crippen molar-refractivity contribution in [2.75, 3.05) is 17.3 Å². The number of carboxylic acids is 1. The highest BCUT2D eigenvalue weighted by atomic mass is 35.5. The summed E-state index contributed by atoms with van der Waals surface area (Å²) in [4.78, 5) is 15.3. The lowest BCUT2D eigenvalue weighted by atomic mass is 10.2. The van der Waals surface area contributed by atoms with Gasteiger partial charge in [-0.3, -0.25) is 4.79 Å². The van der Waals surface area contributed by atoms with Gasteiger partial charge in [-0.25, -0.2) is 4.98 Å². The van der Waals surface area contributed by atoms with Crippen LogP contribution in [0.5, 0.6) is 0 Å². The maximum atomic E-state index is 10.8. The Morgan fingerprint density at radius 3 is 3.15 bits per heavy atom. The fourth-order valence-electron chi connectivity index (χ4n) is 2.37. The van der Waals surface area contributed by atoms with E-state index < -0.39 is 5.97 Å². The van der Waals surface area contributed by atoms with Gasteiger partial charge in [-0.05, 0) is 24.3 Å². The highest BCUT2D eigenvalue weighted by Crippen LogP contribution is 2.36. The minimum atomic E-state index is -0.833. The molecule has 0 spiro atoms. The molecule has 2 heterocycles. The molecule has 1 unspecified atom stereocenters. The Balaban J connectivity index is 2.08. The van der Waals surface area contributed by atoms with Gasteiger partial charge in [-0.1, -0.05) is 29.4 Å². The van der Waals surface area contributed by atoms with E-state index in [4.69, 9.17) is 16.7 Å². The zero-order valence-electron chi connectivity index (χ0n) is 10.6. The van der Waals surface area contributed by atoms with E-state index in [-0.39, 0.29) is 5.75 Å². The summed E-state index contributed by atoms with van der Waals surface area (Å²) in [5, 5.41) is 10.2. The second kappa shape index (κ2) is 5.87. The van der Waals surface area contributed by atoms with Crippen molar-refractivity contribution in [1.82, 2.24) is 9.55 Å². The average Bonchev–Trinajstić information content (AvgIpc) is 3.03. The molecule has 0 aliphatic carbocycles. The van der Waals surface area contributed by atoms with E-state index >= 15 is 0 Å². The Labute approximate surface area is 129 Å². The van der Waals surface area contributed by atoms with E-state index in [0.29, 0.717) is 11.1 Å². The second-order valence-corrected chi connectivity index (χ2v) is 7.07. The summed E-state index contributed by atoms with van der Waals surface area (Å²) in [5.41, 5.74) is 1.76. The number of aliphatic carboxylic acids is 1. The third kappa shape index (κ3) is 2.64. The molecule has 1 N–H and O–H groups in total. The van der Waals surface area contributed by atoms with Crippen molar-refractivity contribution >= 4 is 52.1 Å². The standard InChI is InChI=1S/C13H13ClN2O2S2/c14-9-2-1-3-10-12(9)15-13(20-7-11(17)18)16(10)8-4-5-19-6-8/h1-3,8H,4-7H2,(H,17,18). The number of thioether (sulfide) groups is 2. The smallest absolute Gasteiger partial charge is 0.313 e. The van der Waals surface area contributed by atoms with Gasteiger partial charge in [0.25, 0.3) is 0 Å². The van der Waals surface area contributed by atoms with E-state index in [1.54, 1.807) is 0 Å². The molecule has 1 aliphatic rings. The lowest BCUT2D eigenvalue weighted by molar-refractivity contribution is -0.133. The van der Waals surface area contributed by atoms with Crippen LogP contribution in [0.4, 0.5) is 0 Å². The quantitative estimate of drug-likeness (QED) is 0.870. The minimum absolute atomic E-state index is 0.0147. The maximum absolute atomic E-state index is 10.8. The number of nitrogens with zero attached hydrogens (tertiary/aromatic N) is 2. The Morgan fingerprint density at radius 2 is 2.45 bits per heavy atom. The van der Waals surface area contributed by atoms with Crippen LogP contribution in [0.3, 0.4) is 0 Å². The first kappa shape index (κ1) is 14.1. The predicted molar refractivity (Wildman–Crippen MR) is 84.1 cm³/mol. The molecule has 2 aromatic rings. The van der Waals surface area contributed by atoms with Crippen LogP contribution >= 0.6 is 35.1 Å². The molecule has 7 heteroatoms. The van der Waals surface area contributed by atoms with Crippen LogP contribution in [0.15, 0.2) is 23.4 Å². The first-order chi connectivity index (χ1) is 9.66. The number of benzene rings is 1. The molecule has 0 bridgehead atoms. The van der Waals surface area contributed by atoms with Gasteiger partial charge in [-0.2, -0.15) is 11.8 Å². The molecule has 1 aliphatic heterocycles. The van der Waals surface area contributed by atoms with Crippen molar-refractivity contribution < 1.29 is 9.90 Å². The molecule has 4 nitrogen and oxygen atoms in total. The van der Waals surface area contributed by atoms with E-state index in [1.165, 1.54) is 11.8 Å². The molecule has 1 aromatic carbocycles. The molecule has 1 atom stereocenters. The van der Waals surface area contributed by atoms with Crippen LogP contribution in [0, 0.1) is 0 Å². The molecule has 3 rings (SSSR count). The lowest BCUT2D eigenvalue weighted by Crippen LogP contribution is -2.10. The monoisotopic (exact) mass is 328 g/mol. The zero-order chi connectivity index (χ0) is 14.1. The fourth-order valence-corrected chi connectivity index (χ4v) is 4.57. The normalized spacial score (nSPS) is 18.8. The summed E-state index contributed by atoms with van der Waals surface area (Å²) in [6.07, 6.45) is 1.09. The minimum Gasteiger partial charge on any atom is -0.481 e. The third-order valence-corrected chi connectivity index (χ3v) is 5.62. The number of fused-ring (bicyclic) bond motifs is 1. The Morgan fingerprint density at radius 1 is 1.60 bits per heavy atom. The second-order valence-electron chi connectivity index (χ2n) is 4.57. The molecular formula is C13H13ClN2O2S2. The lowest BCUT2D eigenvalue weighted by Gasteiger charge is -2.14. The van der Waals surface area contributed by atoms with Crippen LogP contribution < -0.4 is 0 Å². The summed E-state index contributed by atoms with van der Waals surface area (Å²) in [6, 6.07) is 6.11. The number of hydrogen-bond donors (Lipinski definition) is 1. The van der Waals surface area contributed by atoms with Crippen molar-refractivity contribution in [3.05, 3.63) is 23.2 Å². The van der Waals surface area contributed by atoms with Gasteiger partial charge in [0.1, 0.15) is 5.52 Å². The van der Waals surface area contributed by atoms with Gasteiger partial charge in [0, 0.05) is 11.8 Å². The van der Waals surface area contributed by atoms with Crippen LogP contribution in [0.25, 0.3) is 11.0 Å².